The molecule has 3 aliphatic carbocycles. The zero-order valence-electron chi connectivity index (χ0n) is 17.7. The highest BCUT2D eigenvalue weighted by atomic mass is 32.2. The lowest BCUT2D eigenvalue weighted by Gasteiger charge is -2.26. The Morgan fingerprint density at radius 3 is 1.38 bits per heavy atom. The first-order valence-corrected chi connectivity index (χ1v) is 13.8. The Labute approximate surface area is 192 Å². The van der Waals surface area contributed by atoms with E-state index in [0.717, 1.165) is 60.8 Å². The maximum Gasteiger partial charge on any atom is 0.160 e. The van der Waals surface area contributed by atoms with Gasteiger partial charge in [-0.25, -0.2) is 8.42 Å². The predicted molar refractivity (Wildman–Crippen MR) is 120 cm³/mol. The van der Waals surface area contributed by atoms with Crippen LogP contribution in [0.15, 0.2) is 24.3 Å². The molecular weight excluding hydrogens is 444 g/mol. The second-order valence-corrected chi connectivity index (χ2v) is 12.6. The highest BCUT2D eigenvalue weighted by molar-refractivity contribution is 7.79. The Hall–Kier alpha value is -1.67. The summed E-state index contributed by atoms with van der Waals surface area (Å²) in [5.74, 6) is 1.33. The Morgan fingerprint density at radius 2 is 0.969 bits per heavy atom. The predicted octanol–water partition coefficient (Wildman–Crippen LogP) is 3.31. The molecule has 5 nitrogen and oxygen atoms in total. The summed E-state index contributed by atoms with van der Waals surface area (Å²) >= 11 is -2.49. The zero-order valence-corrected chi connectivity index (χ0v) is 19.4. The van der Waals surface area contributed by atoms with Gasteiger partial charge in [0.2, 0.25) is 0 Å². The summed E-state index contributed by atoms with van der Waals surface area (Å²) in [7, 11) is 0. The van der Waals surface area contributed by atoms with E-state index in [1.165, 1.54) is 22.3 Å². The van der Waals surface area contributed by atoms with Gasteiger partial charge in [-0.3, -0.25) is 13.2 Å². The van der Waals surface area contributed by atoms with Gasteiger partial charge in [0.25, 0.3) is 0 Å². The van der Waals surface area contributed by atoms with Crippen molar-refractivity contribution in [3.8, 4) is 0 Å². The smallest absolute Gasteiger partial charge is 0.160 e. The fourth-order valence-electron chi connectivity index (χ4n) is 6.90. The molecule has 2 aliphatic heterocycles. The molecule has 0 bridgehead atoms. The molecule has 0 amide bonds. The van der Waals surface area contributed by atoms with Crippen molar-refractivity contribution in [2.24, 2.45) is 10.8 Å². The molecule has 2 aromatic rings. The molecule has 0 aromatic heterocycles. The average Bonchev–Trinajstić information content (AvgIpc) is 3.39. The molecule has 2 heterocycles. The molecule has 1 fully saturated rings. The van der Waals surface area contributed by atoms with Crippen LogP contribution in [0.5, 0.6) is 0 Å². The second kappa shape index (κ2) is 6.69. The van der Waals surface area contributed by atoms with Gasteiger partial charge in [0, 0.05) is 10.8 Å². The summed E-state index contributed by atoms with van der Waals surface area (Å²) in [6, 6.07) is 8.78. The minimum absolute atomic E-state index is 0.293. The van der Waals surface area contributed by atoms with Crippen molar-refractivity contribution in [1.82, 2.24) is 0 Å². The first kappa shape index (κ1) is 19.8. The van der Waals surface area contributed by atoms with Crippen molar-refractivity contribution in [1.29, 1.82) is 0 Å². The van der Waals surface area contributed by atoms with Crippen LogP contribution in [0.3, 0.4) is 0 Å². The Morgan fingerprint density at radius 1 is 0.594 bits per heavy atom. The highest BCUT2D eigenvalue weighted by Gasteiger charge is 2.59. The lowest BCUT2D eigenvalue weighted by Crippen LogP contribution is -2.37. The van der Waals surface area contributed by atoms with Crippen LogP contribution in [0.2, 0.25) is 0 Å². The van der Waals surface area contributed by atoms with Crippen LogP contribution in [0, 0.1) is 10.8 Å². The van der Waals surface area contributed by atoms with Gasteiger partial charge in [-0.1, -0.05) is 24.3 Å². The molecular formula is C25H24O5S2. The topological polar surface area (TPSA) is 69.7 Å². The van der Waals surface area contributed by atoms with E-state index < -0.39 is 22.2 Å². The first-order chi connectivity index (χ1) is 15.4. The third-order valence-corrected chi connectivity index (χ3v) is 10.3. The summed E-state index contributed by atoms with van der Waals surface area (Å²) in [5, 5.41) is 0. The lowest BCUT2D eigenvalue weighted by molar-refractivity contribution is -0.133. The Balaban J connectivity index is 1.19. The van der Waals surface area contributed by atoms with Gasteiger partial charge in [0.1, 0.15) is 5.78 Å². The Bertz CT molecular complexity index is 1170. The summed E-state index contributed by atoms with van der Waals surface area (Å²) in [4.78, 5) is 14.1. The number of carbonyl (C=O) groups is 1. The van der Waals surface area contributed by atoms with Gasteiger partial charge < -0.3 is 0 Å². The van der Waals surface area contributed by atoms with Crippen molar-refractivity contribution in [3.63, 3.8) is 0 Å². The van der Waals surface area contributed by atoms with Gasteiger partial charge >= 0.3 is 0 Å². The van der Waals surface area contributed by atoms with E-state index in [1.807, 2.05) is 0 Å². The van der Waals surface area contributed by atoms with E-state index in [9.17, 15) is 13.2 Å². The van der Waals surface area contributed by atoms with E-state index in [2.05, 4.69) is 24.3 Å². The van der Waals surface area contributed by atoms with E-state index in [4.69, 9.17) is 8.37 Å². The Kier molecular flexibility index (Phi) is 4.13. The molecule has 0 N–H and O–H groups in total. The van der Waals surface area contributed by atoms with Gasteiger partial charge in [0.15, 0.2) is 22.2 Å². The molecule has 1 saturated carbocycles. The van der Waals surface area contributed by atoms with E-state index in [1.54, 1.807) is 0 Å². The third kappa shape index (κ3) is 2.77. The maximum absolute atomic E-state index is 14.1. The number of rotatable bonds is 0. The van der Waals surface area contributed by atoms with Gasteiger partial charge in [-0.05, 0) is 83.0 Å². The molecule has 4 unspecified atom stereocenters. The molecule has 7 rings (SSSR count). The van der Waals surface area contributed by atoms with Crippen LogP contribution in [0.4, 0.5) is 0 Å². The second-order valence-electron chi connectivity index (χ2n) is 10.3. The molecule has 4 atom stereocenters. The number of fused-ring (bicyclic) bond motifs is 4. The highest BCUT2D eigenvalue weighted by Crippen LogP contribution is 2.58. The number of hydrogen-bond acceptors (Lipinski definition) is 5. The van der Waals surface area contributed by atoms with Crippen molar-refractivity contribution >= 4 is 27.9 Å². The SMILES string of the molecule is O=C1C2(CCC13Cc1cc4c(cc1C3)CS(=O)OC4)Cc1cc3c(cc1C2)CS(=O)OC3. The number of carbonyl (C=O) groups excluding carboxylic acids is 1. The van der Waals surface area contributed by atoms with Crippen LogP contribution in [0.1, 0.15) is 57.3 Å². The lowest BCUT2D eigenvalue weighted by atomic mass is 9.74. The summed E-state index contributed by atoms with van der Waals surface area (Å²) in [6.07, 6.45) is 5.13. The first-order valence-electron chi connectivity index (χ1n) is 11.3. The maximum atomic E-state index is 14.1. The van der Waals surface area contributed by atoms with Crippen LogP contribution in [0.25, 0.3) is 0 Å². The molecule has 0 saturated heterocycles. The number of Topliss-reactive ketones (excluding diaryl/α,β-unsaturated/α-hetero) is 1. The fraction of sp³-hybridized carbons (Fsp3) is 0.480. The fourth-order valence-corrected chi connectivity index (χ4v) is 8.63. The minimum atomic E-state index is -1.24. The van der Waals surface area contributed by atoms with Crippen LogP contribution in [-0.2, 0) is 85.7 Å². The standard InChI is InChI=1S/C25H24O5S2/c26-23-24(7-15-3-19-11-29-31(27)13-21(19)5-17(15)9-24)1-2-25(23)8-16-4-20-12-30-32(28)14-22(20)6-18(16)10-25/h3-6H,1-2,7-14H2. The van der Waals surface area contributed by atoms with Crippen molar-refractivity contribution in [2.75, 3.05) is 0 Å². The number of benzene rings is 2. The molecule has 166 valence electrons. The van der Waals surface area contributed by atoms with E-state index in [0.29, 0.717) is 30.5 Å². The van der Waals surface area contributed by atoms with Crippen molar-refractivity contribution in [2.45, 2.75) is 63.2 Å². The monoisotopic (exact) mass is 468 g/mol. The zero-order chi connectivity index (χ0) is 21.7. The normalized spacial score (nSPS) is 34.6. The van der Waals surface area contributed by atoms with Crippen LogP contribution in [-0.4, -0.2) is 14.2 Å². The van der Waals surface area contributed by atoms with Gasteiger partial charge in [0.05, 0.1) is 24.7 Å². The molecule has 5 aliphatic rings. The van der Waals surface area contributed by atoms with Crippen molar-refractivity contribution in [3.05, 3.63) is 68.8 Å². The minimum Gasteiger partial charge on any atom is -0.298 e. The molecule has 32 heavy (non-hydrogen) atoms. The molecule has 0 radical (unpaired) electrons. The third-order valence-electron chi connectivity index (χ3n) is 8.44. The summed E-state index contributed by atoms with van der Waals surface area (Å²) < 4.78 is 34.3. The molecule has 7 heteroatoms. The van der Waals surface area contributed by atoms with Crippen molar-refractivity contribution < 1.29 is 21.6 Å². The summed E-state index contributed by atoms with van der Waals surface area (Å²) in [5.41, 5.74) is 8.97. The molecule has 2 aromatic carbocycles. The average molecular weight is 469 g/mol. The van der Waals surface area contributed by atoms with E-state index in [-0.39, 0.29) is 10.8 Å². The van der Waals surface area contributed by atoms with Crippen LogP contribution < -0.4 is 0 Å². The van der Waals surface area contributed by atoms with Gasteiger partial charge in [-0.15, -0.1) is 0 Å². The largest absolute Gasteiger partial charge is 0.298 e. The number of hydrogen-bond donors (Lipinski definition) is 0. The van der Waals surface area contributed by atoms with Gasteiger partial charge in [-0.2, -0.15) is 0 Å². The summed E-state index contributed by atoms with van der Waals surface area (Å²) in [6.45, 7) is 0.795. The molecule has 2 spiro atoms. The number of ketones is 1. The quantitative estimate of drug-likeness (QED) is 0.593. The van der Waals surface area contributed by atoms with Crippen LogP contribution >= 0.6 is 0 Å². The van der Waals surface area contributed by atoms with E-state index >= 15 is 0 Å².